The molecule has 4 bridgehead atoms. The Labute approximate surface area is 416 Å². The summed E-state index contributed by atoms with van der Waals surface area (Å²) in [4.78, 5) is 84.6. The van der Waals surface area contributed by atoms with Gasteiger partial charge >= 0.3 is 17.9 Å². The zero-order chi connectivity index (χ0) is 51.4. The van der Waals surface area contributed by atoms with Crippen LogP contribution in [0, 0.1) is 36.0 Å². The highest BCUT2D eigenvalue weighted by molar-refractivity contribution is 6.43. The second kappa shape index (κ2) is 24.8. The van der Waals surface area contributed by atoms with Crippen molar-refractivity contribution in [3.63, 3.8) is 0 Å². The van der Waals surface area contributed by atoms with E-state index in [-0.39, 0.29) is 127 Å². The molecule has 5 fully saturated rings. The Morgan fingerprint density at radius 2 is 1.17 bits per heavy atom. The van der Waals surface area contributed by atoms with Gasteiger partial charge in [-0.3, -0.25) is 53.8 Å². The summed E-state index contributed by atoms with van der Waals surface area (Å²) in [6.45, 7) is 7.54. The Hall–Kier alpha value is -6.09. The number of anilines is 1. The quantitative estimate of drug-likeness (QED) is 0.0660. The zero-order valence-corrected chi connectivity index (χ0v) is 41.8. The molecule has 1 saturated heterocycles. The van der Waals surface area contributed by atoms with Crippen LogP contribution in [0.25, 0.3) is 5.70 Å². The van der Waals surface area contributed by atoms with E-state index in [1.54, 1.807) is 47.1 Å². The Morgan fingerprint density at radius 3 is 1.62 bits per heavy atom. The molecule has 3 amide bonds. The number of hydrogen-bond donors (Lipinski definition) is 8. The van der Waals surface area contributed by atoms with Crippen molar-refractivity contribution in [3.05, 3.63) is 59.2 Å². The van der Waals surface area contributed by atoms with Crippen LogP contribution >= 0.6 is 0 Å². The van der Waals surface area contributed by atoms with Crippen LogP contribution in [0.5, 0.6) is 11.5 Å². The Bertz CT molecular complexity index is 2220. The van der Waals surface area contributed by atoms with Gasteiger partial charge in [-0.2, -0.15) is 0 Å². The number of carboxylic acid groups (broad SMARTS) is 3. The summed E-state index contributed by atoms with van der Waals surface area (Å²) in [5.74, 6) is -2.82. The molecule has 0 spiro atoms. The molecule has 20 nitrogen and oxygen atoms in total. The van der Waals surface area contributed by atoms with Gasteiger partial charge in [0.2, 0.25) is 11.8 Å². The fourth-order valence-corrected chi connectivity index (χ4v) is 11.3. The smallest absolute Gasteiger partial charge is 0.317 e. The lowest BCUT2D eigenvalue weighted by atomic mass is 9.48. The molecule has 4 aliphatic carbocycles. The van der Waals surface area contributed by atoms with E-state index in [0.717, 1.165) is 48.9 Å². The van der Waals surface area contributed by atoms with E-state index >= 15 is 0 Å². The van der Waals surface area contributed by atoms with Crippen molar-refractivity contribution in [3.8, 4) is 11.5 Å². The molecular formula is C51H73N9O11. The van der Waals surface area contributed by atoms with Gasteiger partial charge in [0.05, 0.1) is 51.7 Å². The standard InChI is InChI=1S/C51H73N9O11/c1-32(2)38-21-33(3)9-10-40(38)55-41(48-42(70-4)7-6-8-43(48)71-5)27-39(52)49(68)56-51(36-23-34-22-35(25-36)26-37(51)24-34)50(69)54-12-11-53-44(61)28-57-13-15-58(29-45(62)63)17-19-60(31-47(66)67)20-18-59(16-14-57)30-46(64)65/h6-10,21,27,32,34-37,52,55H,11-20,22-26,28-31H2,1-5H3,(H,53,61)(H,54,69)(H,56,68)(H,62,63)(H,64,65)(H,66,67)/b41-27-,52-39?. The van der Waals surface area contributed by atoms with Gasteiger partial charge in [-0.1, -0.05) is 37.6 Å². The van der Waals surface area contributed by atoms with Crippen molar-refractivity contribution in [2.24, 2.45) is 23.7 Å². The highest BCUT2D eigenvalue weighted by Crippen LogP contribution is 2.58. The first-order valence-corrected chi connectivity index (χ1v) is 24.7. The van der Waals surface area contributed by atoms with E-state index in [9.17, 15) is 49.5 Å². The van der Waals surface area contributed by atoms with Crippen molar-refractivity contribution in [2.75, 3.05) is 111 Å². The maximum absolute atomic E-state index is 14.7. The lowest BCUT2D eigenvalue weighted by Crippen LogP contribution is -2.73. The van der Waals surface area contributed by atoms with Gasteiger partial charge in [0.25, 0.3) is 5.91 Å². The molecule has 0 unspecified atom stereocenters. The molecular weight excluding hydrogens is 915 g/mol. The van der Waals surface area contributed by atoms with Gasteiger partial charge in [-0.15, -0.1) is 0 Å². The topological polar surface area (TPSA) is 266 Å². The number of nitrogens with one attached hydrogen (secondary N) is 5. The third kappa shape index (κ3) is 14.3. The van der Waals surface area contributed by atoms with E-state index in [2.05, 4.69) is 41.2 Å². The maximum atomic E-state index is 14.7. The molecule has 0 atom stereocenters. The molecule has 8 N–H and O–H groups in total. The Kier molecular flexibility index (Phi) is 19.0. The predicted octanol–water partition coefficient (Wildman–Crippen LogP) is 2.63. The van der Waals surface area contributed by atoms with Crippen LogP contribution in [-0.2, 0) is 28.8 Å². The maximum Gasteiger partial charge on any atom is 0.317 e. The minimum atomic E-state index is -1.28. The first-order chi connectivity index (χ1) is 33.9. The third-order valence-electron chi connectivity index (χ3n) is 14.6. The number of ether oxygens (including phenoxy) is 2. The second-order valence-corrected chi connectivity index (χ2v) is 19.9. The van der Waals surface area contributed by atoms with Crippen LogP contribution < -0.4 is 30.7 Å². The summed E-state index contributed by atoms with van der Waals surface area (Å²) in [6.07, 6.45) is 5.68. The van der Waals surface area contributed by atoms with Gasteiger partial charge in [-0.05, 0) is 98.5 Å². The van der Waals surface area contributed by atoms with Crippen LogP contribution in [-0.4, -0.2) is 188 Å². The van der Waals surface area contributed by atoms with Crippen molar-refractivity contribution < 1.29 is 53.6 Å². The lowest BCUT2D eigenvalue weighted by Gasteiger charge is -2.60. The largest absolute Gasteiger partial charge is 0.496 e. The van der Waals surface area contributed by atoms with E-state index in [1.165, 1.54) is 6.08 Å². The fourth-order valence-electron chi connectivity index (χ4n) is 11.3. The van der Waals surface area contributed by atoms with Crippen molar-refractivity contribution in [1.82, 2.24) is 35.6 Å². The molecule has 2 aromatic carbocycles. The highest BCUT2D eigenvalue weighted by Gasteiger charge is 2.61. The Morgan fingerprint density at radius 1 is 0.704 bits per heavy atom. The van der Waals surface area contributed by atoms with Gasteiger partial charge in [-0.25, -0.2) is 0 Å². The summed E-state index contributed by atoms with van der Waals surface area (Å²) in [5, 5.41) is 50.5. The predicted molar refractivity (Wildman–Crippen MR) is 267 cm³/mol. The highest BCUT2D eigenvalue weighted by atomic mass is 16.5. The number of hydrogen-bond acceptors (Lipinski definition) is 14. The van der Waals surface area contributed by atoms with Gasteiger partial charge in [0.1, 0.15) is 22.7 Å². The van der Waals surface area contributed by atoms with Crippen LogP contribution in [0.15, 0.2) is 42.5 Å². The van der Waals surface area contributed by atoms with Gasteiger partial charge < -0.3 is 46.1 Å². The number of aliphatic carboxylic acids is 3. The van der Waals surface area contributed by atoms with Gasteiger partial charge in [0, 0.05) is 71.1 Å². The molecule has 7 rings (SSSR count). The normalized spacial score (nSPS) is 23.5. The first-order valence-electron chi connectivity index (χ1n) is 24.7. The molecule has 0 radical (unpaired) electrons. The summed E-state index contributed by atoms with van der Waals surface area (Å²) in [7, 11) is 3.08. The second-order valence-electron chi connectivity index (χ2n) is 19.9. The number of carboxylic acids is 3. The molecule has 4 saturated carbocycles. The van der Waals surface area contributed by atoms with Crippen LogP contribution in [0.1, 0.15) is 68.6 Å². The van der Waals surface area contributed by atoms with Gasteiger partial charge in [0.15, 0.2) is 0 Å². The first kappa shape index (κ1) is 54.2. The summed E-state index contributed by atoms with van der Waals surface area (Å²) in [5.41, 5.74) is 2.19. The number of nitrogens with zero attached hydrogens (tertiary/aromatic N) is 4. The van der Waals surface area contributed by atoms with E-state index in [4.69, 9.17) is 9.47 Å². The van der Waals surface area contributed by atoms with Crippen LogP contribution in [0.4, 0.5) is 5.69 Å². The number of carbonyl (C=O) groups excluding carboxylic acids is 3. The van der Waals surface area contributed by atoms with Crippen LogP contribution in [0.2, 0.25) is 0 Å². The Balaban J connectivity index is 1.16. The number of amides is 3. The van der Waals surface area contributed by atoms with E-state index in [1.807, 2.05) is 24.0 Å². The zero-order valence-electron chi connectivity index (χ0n) is 41.8. The molecule has 71 heavy (non-hydrogen) atoms. The minimum absolute atomic E-state index is 0.0634. The molecule has 20 heteroatoms. The minimum Gasteiger partial charge on any atom is -0.496 e. The number of aryl methyl sites for hydroxylation is 1. The molecule has 1 heterocycles. The third-order valence-corrected chi connectivity index (χ3v) is 14.6. The number of rotatable bonds is 21. The monoisotopic (exact) mass is 988 g/mol. The lowest BCUT2D eigenvalue weighted by molar-refractivity contribution is -0.151. The molecule has 5 aliphatic rings. The van der Waals surface area contributed by atoms with Crippen LogP contribution in [0.3, 0.4) is 0 Å². The molecule has 1 aliphatic heterocycles. The van der Waals surface area contributed by atoms with E-state index < -0.39 is 29.4 Å². The summed E-state index contributed by atoms with van der Waals surface area (Å²) in [6, 6.07) is 11.4. The molecule has 0 aromatic heterocycles. The van der Waals surface area contributed by atoms with Crippen molar-refractivity contribution in [1.29, 1.82) is 5.41 Å². The summed E-state index contributed by atoms with van der Waals surface area (Å²) >= 11 is 0. The molecule has 2 aromatic rings. The average molecular weight is 988 g/mol. The number of benzene rings is 2. The summed E-state index contributed by atoms with van der Waals surface area (Å²) < 4.78 is 11.6. The average Bonchev–Trinajstić information content (AvgIpc) is 3.31. The SMILES string of the molecule is COc1cccc(OC)c1/C(=C/C(=N)C(=O)NC1(C(=O)NCCNC(=O)CN2CCN(CC(=O)O)CCN(CC(=O)O)CCN(CC(=O)O)CC2)C2CC3CC(C2)CC1C3)Nc1ccc(C)cc1C(C)C. The fraction of sp³-hybridized carbons (Fsp3) is 0.588. The van der Waals surface area contributed by atoms with Crippen molar-refractivity contribution >= 4 is 52.7 Å². The number of carbonyl (C=O) groups is 6. The number of methoxy groups -OCH3 is 2. The van der Waals surface area contributed by atoms with Crippen molar-refractivity contribution in [2.45, 2.75) is 64.3 Å². The molecule has 388 valence electrons. The van der Waals surface area contributed by atoms with E-state index in [0.29, 0.717) is 34.6 Å².